The van der Waals surface area contributed by atoms with Crippen LogP contribution < -0.4 is 5.32 Å². The van der Waals surface area contributed by atoms with Crippen molar-refractivity contribution >= 4 is 15.9 Å². The van der Waals surface area contributed by atoms with Crippen molar-refractivity contribution in [2.45, 2.75) is 19.5 Å². The van der Waals surface area contributed by atoms with Gasteiger partial charge in [0.05, 0.1) is 6.04 Å². The minimum absolute atomic E-state index is 0.0749. The second-order valence-corrected chi connectivity index (χ2v) is 4.32. The molecule has 0 radical (unpaired) electrons. The Labute approximate surface area is 102 Å². The van der Waals surface area contributed by atoms with Crippen LogP contribution in [0.1, 0.15) is 24.4 Å². The van der Waals surface area contributed by atoms with Crippen molar-refractivity contribution in [3.63, 3.8) is 0 Å². The summed E-state index contributed by atoms with van der Waals surface area (Å²) in [6.45, 7) is 2.76. The number of hydrogen-bond acceptors (Lipinski definition) is 4. The molecule has 0 aliphatic carbocycles. The van der Waals surface area contributed by atoms with Crippen molar-refractivity contribution in [1.82, 2.24) is 25.9 Å². The number of aromatic nitrogens is 4. The van der Waals surface area contributed by atoms with Crippen LogP contribution in [-0.2, 0) is 6.54 Å². The fourth-order valence-electron chi connectivity index (χ4n) is 1.35. The standard InChI is InChI=1S/C10H12BrN5/c1-7(10-13-15-16-14-10)12-6-8-4-2-3-5-9(8)11/h2-5,7,12H,6H2,1H3,(H,13,14,15,16). The normalized spacial score (nSPS) is 12.6. The molecule has 0 aliphatic heterocycles. The summed E-state index contributed by atoms with van der Waals surface area (Å²) in [5.74, 6) is 0.673. The van der Waals surface area contributed by atoms with Crippen LogP contribution in [0.3, 0.4) is 0 Å². The lowest BCUT2D eigenvalue weighted by Gasteiger charge is -2.10. The Balaban J connectivity index is 1.95. The van der Waals surface area contributed by atoms with E-state index in [9.17, 15) is 0 Å². The van der Waals surface area contributed by atoms with Gasteiger partial charge in [-0.15, -0.1) is 10.2 Å². The number of nitrogens with zero attached hydrogens (tertiary/aromatic N) is 3. The largest absolute Gasteiger partial charge is 0.303 e. The van der Waals surface area contributed by atoms with Crippen LogP contribution in [-0.4, -0.2) is 20.6 Å². The summed E-state index contributed by atoms with van der Waals surface area (Å²) in [7, 11) is 0. The van der Waals surface area contributed by atoms with Crippen molar-refractivity contribution in [2.24, 2.45) is 0 Å². The summed E-state index contributed by atoms with van der Waals surface area (Å²) < 4.78 is 1.10. The van der Waals surface area contributed by atoms with Crippen LogP contribution in [0.2, 0.25) is 0 Å². The van der Waals surface area contributed by atoms with E-state index in [4.69, 9.17) is 0 Å². The maximum Gasteiger partial charge on any atom is 0.191 e. The topological polar surface area (TPSA) is 66.5 Å². The highest BCUT2D eigenvalue weighted by atomic mass is 79.9. The summed E-state index contributed by atoms with van der Waals surface area (Å²) in [5, 5.41) is 17.2. The fourth-order valence-corrected chi connectivity index (χ4v) is 1.77. The lowest BCUT2D eigenvalue weighted by molar-refractivity contribution is 0.546. The van der Waals surface area contributed by atoms with Gasteiger partial charge in [0.1, 0.15) is 0 Å². The van der Waals surface area contributed by atoms with E-state index in [1.807, 2.05) is 25.1 Å². The maximum absolute atomic E-state index is 3.93. The highest BCUT2D eigenvalue weighted by Crippen LogP contribution is 2.16. The minimum atomic E-state index is 0.0749. The summed E-state index contributed by atoms with van der Waals surface area (Å²) in [6.07, 6.45) is 0. The first-order chi connectivity index (χ1) is 7.77. The van der Waals surface area contributed by atoms with Crippen LogP contribution in [0.15, 0.2) is 28.7 Å². The van der Waals surface area contributed by atoms with Crippen LogP contribution in [0.4, 0.5) is 0 Å². The minimum Gasteiger partial charge on any atom is -0.303 e. The molecule has 0 saturated carbocycles. The molecule has 0 bridgehead atoms. The van der Waals surface area contributed by atoms with Gasteiger partial charge in [0.25, 0.3) is 0 Å². The van der Waals surface area contributed by atoms with Gasteiger partial charge in [-0.3, -0.25) is 0 Å². The maximum atomic E-state index is 3.93. The smallest absolute Gasteiger partial charge is 0.191 e. The Morgan fingerprint density at radius 2 is 2.25 bits per heavy atom. The molecule has 16 heavy (non-hydrogen) atoms. The summed E-state index contributed by atoms with van der Waals surface area (Å²) >= 11 is 3.51. The Morgan fingerprint density at radius 1 is 1.44 bits per heavy atom. The molecule has 1 heterocycles. The molecule has 1 aromatic carbocycles. The zero-order chi connectivity index (χ0) is 11.4. The van der Waals surface area contributed by atoms with E-state index in [0.717, 1.165) is 11.0 Å². The third kappa shape index (κ3) is 2.65. The third-order valence-corrected chi connectivity index (χ3v) is 3.08. The van der Waals surface area contributed by atoms with E-state index in [2.05, 4.69) is 47.9 Å². The van der Waals surface area contributed by atoms with Crippen molar-refractivity contribution in [1.29, 1.82) is 0 Å². The van der Waals surface area contributed by atoms with Crippen LogP contribution in [0.5, 0.6) is 0 Å². The van der Waals surface area contributed by atoms with E-state index in [1.165, 1.54) is 5.56 Å². The van der Waals surface area contributed by atoms with Gasteiger partial charge in [0.2, 0.25) is 0 Å². The number of hydrogen-bond donors (Lipinski definition) is 2. The van der Waals surface area contributed by atoms with Gasteiger partial charge < -0.3 is 5.32 Å². The number of benzene rings is 1. The van der Waals surface area contributed by atoms with Gasteiger partial charge in [-0.2, -0.15) is 5.21 Å². The van der Waals surface area contributed by atoms with Crippen molar-refractivity contribution in [3.05, 3.63) is 40.1 Å². The fraction of sp³-hybridized carbons (Fsp3) is 0.300. The molecule has 0 spiro atoms. The number of halogens is 1. The van der Waals surface area contributed by atoms with Crippen molar-refractivity contribution in [3.8, 4) is 0 Å². The van der Waals surface area contributed by atoms with Crippen LogP contribution in [0, 0.1) is 0 Å². The molecule has 0 saturated heterocycles. The molecular weight excluding hydrogens is 270 g/mol. The first kappa shape index (κ1) is 11.2. The molecule has 1 aromatic heterocycles. The molecule has 2 aromatic rings. The Kier molecular flexibility index (Phi) is 3.63. The quantitative estimate of drug-likeness (QED) is 0.897. The second kappa shape index (κ2) is 5.18. The molecule has 0 fully saturated rings. The van der Waals surface area contributed by atoms with Crippen LogP contribution in [0.25, 0.3) is 0 Å². The molecular formula is C10H12BrN5. The SMILES string of the molecule is CC(NCc1ccccc1Br)c1nn[nH]n1. The molecule has 0 aliphatic rings. The summed E-state index contributed by atoms with van der Waals surface area (Å²) in [4.78, 5) is 0. The van der Waals surface area contributed by atoms with E-state index >= 15 is 0 Å². The van der Waals surface area contributed by atoms with E-state index < -0.39 is 0 Å². The predicted octanol–water partition coefficient (Wildman–Crippen LogP) is 1.81. The average molecular weight is 282 g/mol. The average Bonchev–Trinajstić information content (AvgIpc) is 2.81. The zero-order valence-corrected chi connectivity index (χ0v) is 10.4. The number of aromatic amines is 1. The molecule has 6 heteroatoms. The Morgan fingerprint density at radius 3 is 2.94 bits per heavy atom. The van der Waals surface area contributed by atoms with Crippen molar-refractivity contribution < 1.29 is 0 Å². The van der Waals surface area contributed by atoms with Gasteiger partial charge in [0, 0.05) is 11.0 Å². The predicted molar refractivity (Wildman–Crippen MR) is 63.6 cm³/mol. The number of nitrogens with one attached hydrogen (secondary N) is 2. The molecule has 5 nitrogen and oxygen atoms in total. The highest BCUT2D eigenvalue weighted by Gasteiger charge is 2.09. The van der Waals surface area contributed by atoms with Gasteiger partial charge in [-0.25, -0.2) is 0 Å². The van der Waals surface area contributed by atoms with E-state index in [-0.39, 0.29) is 6.04 Å². The zero-order valence-electron chi connectivity index (χ0n) is 8.81. The monoisotopic (exact) mass is 281 g/mol. The van der Waals surface area contributed by atoms with Gasteiger partial charge in [-0.1, -0.05) is 39.3 Å². The number of rotatable bonds is 4. The summed E-state index contributed by atoms with van der Waals surface area (Å²) in [6, 6.07) is 8.18. The molecule has 84 valence electrons. The number of tetrazole rings is 1. The Hall–Kier alpha value is -1.27. The number of H-pyrrole nitrogens is 1. The second-order valence-electron chi connectivity index (χ2n) is 3.46. The van der Waals surface area contributed by atoms with Gasteiger partial charge >= 0.3 is 0 Å². The lowest BCUT2D eigenvalue weighted by Crippen LogP contribution is -2.19. The van der Waals surface area contributed by atoms with E-state index in [0.29, 0.717) is 5.82 Å². The van der Waals surface area contributed by atoms with Crippen molar-refractivity contribution in [2.75, 3.05) is 0 Å². The van der Waals surface area contributed by atoms with Gasteiger partial charge in [0.15, 0.2) is 5.82 Å². The van der Waals surface area contributed by atoms with E-state index in [1.54, 1.807) is 0 Å². The lowest BCUT2D eigenvalue weighted by atomic mass is 10.2. The molecule has 2 rings (SSSR count). The van der Waals surface area contributed by atoms with Gasteiger partial charge in [-0.05, 0) is 18.6 Å². The third-order valence-electron chi connectivity index (χ3n) is 2.31. The first-order valence-electron chi connectivity index (χ1n) is 4.97. The molecule has 1 unspecified atom stereocenters. The molecule has 0 amide bonds. The first-order valence-corrected chi connectivity index (χ1v) is 5.77. The Bertz CT molecular complexity index is 442. The van der Waals surface area contributed by atoms with Crippen LogP contribution >= 0.6 is 15.9 Å². The molecule has 1 atom stereocenters. The highest BCUT2D eigenvalue weighted by molar-refractivity contribution is 9.10. The summed E-state index contributed by atoms with van der Waals surface area (Å²) in [5.41, 5.74) is 1.21. The molecule has 2 N–H and O–H groups in total.